The average Bonchev–Trinajstić information content (AvgIpc) is 3.40. The van der Waals surface area contributed by atoms with Crippen LogP contribution in [0.1, 0.15) is 49.9 Å². The molecular formula is C24H29ClN4O3. The van der Waals surface area contributed by atoms with E-state index < -0.39 is 0 Å². The van der Waals surface area contributed by atoms with Gasteiger partial charge in [-0.2, -0.15) is 5.10 Å². The smallest absolute Gasteiger partial charge is 0.323 e. The van der Waals surface area contributed by atoms with Crippen LogP contribution in [-0.4, -0.2) is 57.8 Å². The maximum atomic E-state index is 13.5. The zero-order valence-electron chi connectivity index (χ0n) is 18.5. The van der Waals surface area contributed by atoms with Crippen LogP contribution < -0.4 is 0 Å². The van der Waals surface area contributed by atoms with Crippen LogP contribution >= 0.6 is 11.6 Å². The van der Waals surface area contributed by atoms with Crippen molar-refractivity contribution in [1.82, 2.24) is 14.5 Å². The predicted octanol–water partition coefficient (Wildman–Crippen LogP) is 3.77. The minimum atomic E-state index is -0.379. The lowest BCUT2D eigenvalue weighted by atomic mass is 10.0. The molecule has 1 saturated heterocycles. The van der Waals surface area contributed by atoms with E-state index in [1.807, 2.05) is 59.1 Å². The first kappa shape index (κ1) is 22.6. The van der Waals surface area contributed by atoms with Crippen molar-refractivity contribution in [3.8, 4) is 0 Å². The summed E-state index contributed by atoms with van der Waals surface area (Å²) in [5, 5.41) is 6.92. The van der Waals surface area contributed by atoms with Crippen LogP contribution in [0.2, 0.25) is 5.02 Å². The lowest BCUT2D eigenvalue weighted by Crippen LogP contribution is -2.49. The van der Waals surface area contributed by atoms with Gasteiger partial charge < -0.3 is 9.30 Å². The average molecular weight is 457 g/mol. The number of hydrazone groups is 1. The minimum absolute atomic E-state index is 0.129. The quantitative estimate of drug-likeness (QED) is 0.620. The van der Waals surface area contributed by atoms with Gasteiger partial charge in [-0.25, -0.2) is 5.01 Å². The molecule has 32 heavy (non-hydrogen) atoms. The Kier molecular flexibility index (Phi) is 6.96. The molecule has 1 aromatic heterocycles. The number of halogens is 1. The molecule has 0 bridgehead atoms. The summed E-state index contributed by atoms with van der Waals surface area (Å²) in [6, 6.07) is 10.9. The number of hydrogen-bond acceptors (Lipinski definition) is 5. The summed E-state index contributed by atoms with van der Waals surface area (Å²) >= 11 is 6.43. The maximum Gasteiger partial charge on any atom is 0.323 e. The number of hydrogen-bond donors (Lipinski definition) is 0. The summed E-state index contributed by atoms with van der Waals surface area (Å²) in [5.41, 5.74) is 2.63. The molecule has 0 saturated carbocycles. The number of piperidine rings is 1. The van der Waals surface area contributed by atoms with E-state index in [0.717, 1.165) is 29.8 Å². The predicted molar refractivity (Wildman–Crippen MR) is 123 cm³/mol. The van der Waals surface area contributed by atoms with E-state index in [1.54, 1.807) is 11.9 Å². The standard InChI is InChI=1S/C24H29ClN4O3/c1-3-32-24(31)21-11-6-7-14-28(21)16-23(30)29-22(20-12-8-13-27(20)2)15-19(26-29)17-9-4-5-10-18(17)25/h4-5,8-10,12-13,21-22H,3,6-7,11,14-16H2,1-2H3/t21-,22+/m1/s1. The summed E-state index contributed by atoms with van der Waals surface area (Å²) in [5.74, 6) is -0.380. The van der Waals surface area contributed by atoms with Gasteiger partial charge in [0.05, 0.1) is 18.9 Å². The van der Waals surface area contributed by atoms with Gasteiger partial charge in [0, 0.05) is 35.9 Å². The van der Waals surface area contributed by atoms with Gasteiger partial charge in [-0.3, -0.25) is 14.5 Å². The van der Waals surface area contributed by atoms with Crippen molar-refractivity contribution in [1.29, 1.82) is 0 Å². The van der Waals surface area contributed by atoms with Crippen LogP contribution in [0.4, 0.5) is 0 Å². The Morgan fingerprint density at radius 1 is 1.19 bits per heavy atom. The number of carbonyl (C=O) groups excluding carboxylic acids is 2. The Balaban J connectivity index is 1.60. The Morgan fingerprint density at radius 2 is 2.00 bits per heavy atom. The number of aryl methyl sites for hydroxylation is 1. The lowest BCUT2D eigenvalue weighted by molar-refractivity contribution is -0.152. The van der Waals surface area contributed by atoms with Gasteiger partial charge in [-0.1, -0.05) is 36.2 Å². The molecule has 2 atom stereocenters. The van der Waals surface area contributed by atoms with E-state index in [0.29, 0.717) is 31.0 Å². The molecule has 1 aromatic carbocycles. The fraction of sp³-hybridized carbons (Fsp3) is 0.458. The zero-order valence-corrected chi connectivity index (χ0v) is 19.3. The molecule has 2 aliphatic heterocycles. The molecule has 2 aliphatic rings. The highest BCUT2D eigenvalue weighted by Crippen LogP contribution is 2.34. The number of benzene rings is 1. The maximum absolute atomic E-state index is 13.5. The molecule has 1 fully saturated rings. The van der Waals surface area contributed by atoms with Gasteiger partial charge in [0.25, 0.3) is 5.91 Å². The molecule has 2 aromatic rings. The molecule has 0 radical (unpaired) electrons. The normalized spacial score (nSPS) is 21.5. The number of rotatable bonds is 6. The fourth-order valence-electron chi connectivity index (χ4n) is 4.58. The summed E-state index contributed by atoms with van der Waals surface area (Å²) < 4.78 is 7.26. The van der Waals surface area contributed by atoms with Crippen LogP contribution in [0.3, 0.4) is 0 Å². The van der Waals surface area contributed by atoms with Gasteiger partial charge in [0.1, 0.15) is 12.1 Å². The largest absolute Gasteiger partial charge is 0.465 e. The van der Waals surface area contributed by atoms with Crippen LogP contribution in [-0.2, 0) is 21.4 Å². The van der Waals surface area contributed by atoms with E-state index in [4.69, 9.17) is 21.4 Å². The van der Waals surface area contributed by atoms with Crippen LogP contribution in [0.15, 0.2) is 47.7 Å². The van der Waals surface area contributed by atoms with Gasteiger partial charge in [-0.05, 0) is 44.5 Å². The van der Waals surface area contributed by atoms with E-state index in [-0.39, 0.29) is 30.5 Å². The Bertz CT molecular complexity index is 1020. The molecule has 0 unspecified atom stereocenters. The van der Waals surface area contributed by atoms with Crippen molar-refractivity contribution < 1.29 is 14.3 Å². The number of carbonyl (C=O) groups is 2. The highest BCUT2D eigenvalue weighted by molar-refractivity contribution is 6.34. The Labute approximate surface area is 193 Å². The number of aromatic nitrogens is 1. The second kappa shape index (κ2) is 9.88. The van der Waals surface area contributed by atoms with Crippen LogP contribution in [0.25, 0.3) is 0 Å². The summed E-state index contributed by atoms with van der Waals surface area (Å²) in [6.07, 6.45) is 5.17. The van der Waals surface area contributed by atoms with Gasteiger partial charge in [-0.15, -0.1) is 0 Å². The SMILES string of the molecule is CCOC(=O)[C@H]1CCCCN1CC(=O)N1N=C(c2ccccc2Cl)C[C@H]1c1cccn1C. The summed E-state index contributed by atoms with van der Waals surface area (Å²) in [6.45, 7) is 2.96. The molecule has 170 valence electrons. The first-order chi connectivity index (χ1) is 15.5. The van der Waals surface area contributed by atoms with Crippen molar-refractivity contribution in [2.45, 2.75) is 44.7 Å². The van der Waals surface area contributed by atoms with Crippen molar-refractivity contribution >= 4 is 29.2 Å². The monoisotopic (exact) mass is 456 g/mol. The van der Waals surface area contributed by atoms with E-state index in [2.05, 4.69) is 0 Å². The molecule has 0 aliphatic carbocycles. The molecule has 8 heteroatoms. The van der Waals surface area contributed by atoms with Gasteiger partial charge >= 0.3 is 5.97 Å². The third-order valence-corrected chi connectivity index (χ3v) is 6.52. The molecule has 0 N–H and O–H groups in total. The zero-order chi connectivity index (χ0) is 22.7. The number of ether oxygens (including phenoxy) is 1. The number of esters is 1. The molecule has 1 amide bonds. The van der Waals surface area contributed by atoms with Crippen molar-refractivity contribution in [2.24, 2.45) is 12.1 Å². The Hall–Kier alpha value is -2.64. The number of nitrogens with zero attached hydrogens (tertiary/aromatic N) is 4. The highest BCUT2D eigenvalue weighted by Gasteiger charge is 2.38. The molecular weight excluding hydrogens is 428 g/mol. The van der Waals surface area contributed by atoms with E-state index in [9.17, 15) is 9.59 Å². The first-order valence-corrected chi connectivity index (χ1v) is 11.5. The highest BCUT2D eigenvalue weighted by atomic mass is 35.5. The third kappa shape index (κ3) is 4.59. The second-order valence-corrected chi connectivity index (χ2v) is 8.67. The lowest BCUT2D eigenvalue weighted by Gasteiger charge is -2.34. The van der Waals surface area contributed by atoms with E-state index in [1.165, 1.54) is 0 Å². The van der Waals surface area contributed by atoms with Crippen LogP contribution in [0, 0.1) is 0 Å². The molecule has 0 spiro atoms. The molecule has 3 heterocycles. The van der Waals surface area contributed by atoms with E-state index >= 15 is 0 Å². The van der Waals surface area contributed by atoms with Gasteiger partial charge in [0.15, 0.2) is 0 Å². The third-order valence-electron chi connectivity index (χ3n) is 6.19. The second-order valence-electron chi connectivity index (χ2n) is 8.26. The topological polar surface area (TPSA) is 67.1 Å². The van der Waals surface area contributed by atoms with Crippen molar-refractivity contribution in [3.05, 3.63) is 58.9 Å². The summed E-state index contributed by atoms with van der Waals surface area (Å²) in [7, 11) is 1.97. The first-order valence-electron chi connectivity index (χ1n) is 11.2. The van der Waals surface area contributed by atoms with Crippen molar-refractivity contribution in [3.63, 3.8) is 0 Å². The Morgan fingerprint density at radius 3 is 2.72 bits per heavy atom. The van der Waals surface area contributed by atoms with Crippen molar-refractivity contribution in [2.75, 3.05) is 19.7 Å². The fourth-order valence-corrected chi connectivity index (χ4v) is 4.83. The molecule has 4 rings (SSSR count). The van der Waals surface area contributed by atoms with Gasteiger partial charge in [0.2, 0.25) is 0 Å². The molecule has 7 nitrogen and oxygen atoms in total. The minimum Gasteiger partial charge on any atom is -0.465 e. The number of amides is 1. The summed E-state index contributed by atoms with van der Waals surface area (Å²) in [4.78, 5) is 27.9. The van der Waals surface area contributed by atoms with Crippen LogP contribution in [0.5, 0.6) is 0 Å². The number of likely N-dealkylation sites (tertiary alicyclic amines) is 1.